The molecule has 4 rings (SSSR count). The molecule has 1 unspecified atom stereocenters. The standard InChI is InChI=1S/C18H19FN2/c1-12-2-3-14-10-16(6-7-17(14)20-12)21-9-8-13-4-5-15(19)11-18(13)21/h4-7,10-12,20H,2-3,8-9H2,1H3. The summed E-state index contributed by atoms with van der Waals surface area (Å²) >= 11 is 0. The second-order valence-electron chi connectivity index (χ2n) is 6.10. The van der Waals surface area contributed by atoms with Gasteiger partial charge in [0.05, 0.1) is 0 Å². The van der Waals surface area contributed by atoms with Crippen LogP contribution in [0.25, 0.3) is 0 Å². The number of hydrogen-bond acceptors (Lipinski definition) is 2. The van der Waals surface area contributed by atoms with E-state index in [0.29, 0.717) is 6.04 Å². The Balaban J connectivity index is 1.71. The Hall–Kier alpha value is -2.03. The summed E-state index contributed by atoms with van der Waals surface area (Å²) < 4.78 is 13.5. The van der Waals surface area contributed by atoms with Crippen molar-refractivity contribution in [2.24, 2.45) is 0 Å². The molecule has 1 N–H and O–H groups in total. The summed E-state index contributed by atoms with van der Waals surface area (Å²) in [6.07, 6.45) is 3.27. The van der Waals surface area contributed by atoms with Gasteiger partial charge in [0.25, 0.3) is 0 Å². The first-order valence-electron chi connectivity index (χ1n) is 7.66. The van der Waals surface area contributed by atoms with E-state index in [4.69, 9.17) is 0 Å². The summed E-state index contributed by atoms with van der Waals surface area (Å²) in [5.74, 6) is -0.158. The minimum Gasteiger partial charge on any atom is -0.382 e. The first-order valence-corrected chi connectivity index (χ1v) is 7.66. The van der Waals surface area contributed by atoms with Crippen molar-refractivity contribution in [1.82, 2.24) is 0 Å². The number of anilines is 3. The molecule has 2 aromatic carbocycles. The van der Waals surface area contributed by atoms with Gasteiger partial charge >= 0.3 is 0 Å². The minimum absolute atomic E-state index is 0.158. The molecule has 0 aromatic heterocycles. The van der Waals surface area contributed by atoms with Gasteiger partial charge in [0.2, 0.25) is 0 Å². The van der Waals surface area contributed by atoms with Crippen LogP contribution < -0.4 is 10.2 Å². The Labute approximate surface area is 124 Å². The van der Waals surface area contributed by atoms with Crippen molar-refractivity contribution in [3.8, 4) is 0 Å². The summed E-state index contributed by atoms with van der Waals surface area (Å²) in [6.45, 7) is 3.15. The highest BCUT2D eigenvalue weighted by Gasteiger charge is 2.22. The summed E-state index contributed by atoms with van der Waals surface area (Å²) in [6, 6.07) is 12.2. The maximum absolute atomic E-state index is 13.5. The minimum atomic E-state index is -0.158. The average Bonchev–Trinajstić information content (AvgIpc) is 2.89. The van der Waals surface area contributed by atoms with E-state index >= 15 is 0 Å². The number of hydrogen-bond donors (Lipinski definition) is 1. The highest BCUT2D eigenvalue weighted by atomic mass is 19.1. The van der Waals surface area contributed by atoms with Crippen LogP contribution in [0.3, 0.4) is 0 Å². The van der Waals surface area contributed by atoms with Gasteiger partial charge in [-0.2, -0.15) is 0 Å². The molecule has 0 saturated carbocycles. The smallest absolute Gasteiger partial charge is 0.125 e. The summed E-state index contributed by atoms with van der Waals surface area (Å²) in [5, 5.41) is 3.53. The molecule has 0 spiro atoms. The molecule has 0 amide bonds. The molecule has 0 aliphatic carbocycles. The topological polar surface area (TPSA) is 15.3 Å². The van der Waals surface area contributed by atoms with E-state index < -0.39 is 0 Å². The van der Waals surface area contributed by atoms with Crippen molar-refractivity contribution in [1.29, 1.82) is 0 Å². The van der Waals surface area contributed by atoms with Crippen molar-refractivity contribution in [2.45, 2.75) is 32.2 Å². The second kappa shape index (κ2) is 4.76. The molecule has 0 fully saturated rings. The van der Waals surface area contributed by atoms with Gasteiger partial charge in [0.15, 0.2) is 0 Å². The third-order valence-electron chi connectivity index (χ3n) is 4.59. The van der Waals surface area contributed by atoms with Gasteiger partial charge in [-0.15, -0.1) is 0 Å². The largest absolute Gasteiger partial charge is 0.382 e. The summed E-state index contributed by atoms with van der Waals surface area (Å²) in [4.78, 5) is 2.23. The molecule has 3 heteroatoms. The van der Waals surface area contributed by atoms with Crippen LogP contribution in [0.5, 0.6) is 0 Å². The Morgan fingerprint density at radius 2 is 2.00 bits per heavy atom. The fraction of sp³-hybridized carbons (Fsp3) is 0.333. The maximum atomic E-state index is 13.5. The molecule has 2 nitrogen and oxygen atoms in total. The first-order chi connectivity index (χ1) is 10.2. The van der Waals surface area contributed by atoms with Crippen LogP contribution in [-0.4, -0.2) is 12.6 Å². The van der Waals surface area contributed by atoms with Gasteiger partial charge < -0.3 is 10.2 Å². The zero-order valence-corrected chi connectivity index (χ0v) is 12.2. The monoisotopic (exact) mass is 282 g/mol. The van der Waals surface area contributed by atoms with Crippen molar-refractivity contribution in [3.63, 3.8) is 0 Å². The fourth-order valence-electron chi connectivity index (χ4n) is 3.43. The zero-order chi connectivity index (χ0) is 14.4. The van der Waals surface area contributed by atoms with Gasteiger partial charge in [-0.3, -0.25) is 0 Å². The molecular formula is C18H19FN2. The lowest BCUT2D eigenvalue weighted by atomic mass is 9.98. The van der Waals surface area contributed by atoms with E-state index in [1.807, 2.05) is 6.07 Å². The van der Waals surface area contributed by atoms with Gasteiger partial charge in [0, 0.05) is 29.6 Å². The second-order valence-corrected chi connectivity index (χ2v) is 6.10. The number of aryl methyl sites for hydroxylation is 1. The lowest BCUT2D eigenvalue weighted by Crippen LogP contribution is -2.22. The number of rotatable bonds is 1. The van der Waals surface area contributed by atoms with Gasteiger partial charge in [0.1, 0.15) is 5.82 Å². The number of halogens is 1. The van der Waals surface area contributed by atoms with E-state index in [9.17, 15) is 4.39 Å². The third-order valence-corrected chi connectivity index (χ3v) is 4.59. The summed E-state index contributed by atoms with van der Waals surface area (Å²) in [7, 11) is 0. The quantitative estimate of drug-likeness (QED) is 0.840. The molecule has 21 heavy (non-hydrogen) atoms. The van der Waals surface area contributed by atoms with Gasteiger partial charge in [-0.25, -0.2) is 4.39 Å². The van der Waals surface area contributed by atoms with Crippen LogP contribution in [0, 0.1) is 5.82 Å². The average molecular weight is 282 g/mol. The van der Waals surface area contributed by atoms with E-state index in [2.05, 4.69) is 35.3 Å². The van der Waals surface area contributed by atoms with E-state index in [-0.39, 0.29) is 5.82 Å². The van der Waals surface area contributed by atoms with E-state index in [1.165, 1.54) is 28.9 Å². The Kier molecular flexibility index (Phi) is 2.88. The van der Waals surface area contributed by atoms with Crippen LogP contribution >= 0.6 is 0 Å². The highest BCUT2D eigenvalue weighted by Crippen LogP contribution is 2.37. The van der Waals surface area contributed by atoms with E-state index in [1.54, 1.807) is 12.1 Å². The number of nitrogens with zero attached hydrogens (tertiary/aromatic N) is 1. The SMILES string of the molecule is CC1CCc2cc(N3CCc4ccc(F)cc43)ccc2N1. The number of nitrogens with one attached hydrogen (secondary N) is 1. The molecule has 108 valence electrons. The Bertz CT molecular complexity index is 696. The van der Waals surface area contributed by atoms with Crippen LogP contribution in [-0.2, 0) is 12.8 Å². The molecule has 2 aliphatic heterocycles. The lowest BCUT2D eigenvalue weighted by Gasteiger charge is -2.27. The van der Waals surface area contributed by atoms with Crippen LogP contribution in [0.4, 0.5) is 21.5 Å². The molecule has 2 aliphatic rings. The Morgan fingerprint density at radius 3 is 2.90 bits per heavy atom. The molecule has 2 aromatic rings. The van der Waals surface area contributed by atoms with Crippen LogP contribution in [0.1, 0.15) is 24.5 Å². The van der Waals surface area contributed by atoms with Gasteiger partial charge in [-0.05, 0) is 67.6 Å². The number of fused-ring (bicyclic) bond motifs is 2. The van der Waals surface area contributed by atoms with Gasteiger partial charge in [-0.1, -0.05) is 6.07 Å². The molecule has 0 saturated heterocycles. The zero-order valence-electron chi connectivity index (χ0n) is 12.2. The summed E-state index contributed by atoms with van der Waals surface area (Å²) in [5.41, 5.74) is 6.05. The van der Waals surface area contributed by atoms with Crippen molar-refractivity contribution < 1.29 is 4.39 Å². The maximum Gasteiger partial charge on any atom is 0.125 e. The highest BCUT2D eigenvalue weighted by molar-refractivity contribution is 5.72. The fourth-order valence-corrected chi connectivity index (χ4v) is 3.43. The first kappa shape index (κ1) is 12.7. The predicted octanol–water partition coefficient (Wildman–Crippen LogP) is 4.27. The molecular weight excluding hydrogens is 263 g/mol. The van der Waals surface area contributed by atoms with Crippen LogP contribution in [0.15, 0.2) is 36.4 Å². The van der Waals surface area contributed by atoms with Crippen molar-refractivity contribution in [3.05, 3.63) is 53.3 Å². The van der Waals surface area contributed by atoms with Crippen LogP contribution in [0.2, 0.25) is 0 Å². The van der Waals surface area contributed by atoms with Crippen molar-refractivity contribution in [2.75, 3.05) is 16.8 Å². The number of benzene rings is 2. The molecule has 2 heterocycles. The predicted molar refractivity (Wildman–Crippen MR) is 85.0 cm³/mol. The van der Waals surface area contributed by atoms with Crippen molar-refractivity contribution >= 4 is 17.1 Å². The molecule has 0 bridgehead atoms. The molecule has 1 atom stereocenters. The lowest BCUT2D eigenvalue weighted by molar-refractivity contribution is 0.628. The molecule has 0 radical (unpaired) electrons. The normalized spacial score (nSPS) is 19.9. The third kappa shape index (κ3) is 2.17. The van der Waals surface area contributed by atoms with E-state index in [0.717, 1.165) is 25.1 Å². The Morgan fingerprint density at radius 1 is 1.10 bits per heavy atom.